The molecule has 0 fully saturated rings. The molecule has 0 amide bonds. The maximum absolute atomic E-state index is 11.4. The SMILES string of the molecule is Cl.O=CCN1c2ccccc2Oc2ccc(NCC(c3ccccc3)c3ccccc3)cc21. The quantitative estimate of drug-likeness (QED) is 0.311. The van der Waals surface area contributed by atoms with Gasteiger partial charge in [-0.2, -0.15) is 0 Å². The summed E-state index contributed by atoms with van der Waals surface area (Å²) in [5, 5.41) is 3.61. The monoisotopic (exact) mass is 456 g/mol. The fourth-order valence-electron chi connectivity index (χ4n) is 4.23. The van der Waals surface area contributed by atoms with Crippen molar-refractivity contribution in [3.8, 4) is 11.5 Å². The van der Waals surface area contributed by atoms with E-state index in [1.807, 2.05) is 53.4 Å². The maximum atomic E-state index is 11.4. The first-order valence-electron chi connectivity index (χ1n) is 10.8. The van der Waals surface area contributed by atoms with E-state index < -0.39 is 0 Å². The second-order valence-corrected chi connectivity index (χ2v) is 7.78. The van der Waals surface area contributed by atoms with Gasteiger partial charge < -0.3 is 19.7 Å². The molecular weight excluding hydrogens is 432 g/mol. The summed E-state index contributed by atoms with van der Waals surface area (Å²) in [6, 6.07) is 34.9. The standard InChI is InChI=1S/C28H24N2O2.ClH/c31-18-17-30-25-13-7-8-14-27(25)32-28-16-15-23(19-26(28)30)29-20-24(21-9-3-1-4-10-21)22-11-5-2-6-12-22;/h1-16,18-19,24,29H,17,20H2;1H. The first-order chi connectivity index (χ1) is 15.8. The van der Waals surface area contributed by atoms with Crippen molar-refractivity contribution in [3.63, 3.8) is 0 Å². The van der Waals surface area contributed by atoms with Crippen LogP contribution in [0, 0.1) is 0 Å². The van der Waals surface area contributed by atoms with Crippen LogP contribution in [0.15, 0.2) is 103 Å². The van der Waals surface area contributed by atoms with E-state index in [0.717, 1.165) is 41.4 Å². The normalized spacial score (nSPS) is 11.6. The number of aldehydes is 1. The lowest BCUT2D eigenvalue weighted by Gasteiger charge is -2.32. The summed E-state index contributed by atoms with van der Waals surface area (Å²) in [6.45, 7) is 1.02. The van der Waals surface area contributed by atoms with Crippen molar-refractivity contribution < 1.29 is 9.53 Å². The Labute approximate surface area is 200 Å². The number of carbonyl (C=O) groups is 1. The molecule has 0 unspecified atom stereocenters. The highest BCUT2D eigenvalue weighted by Crippen LogP contribution is 2.47. The van der Waals surface area contributed by atoms with E-state index in [1.54, 1.807) is 0 Å². The summed E-state index contributed by atoms with van der Waals surface area (Å²) in [5.41, 5.74) is 5.31. The smallest absolute Gasteiger partial charge is 0.151 e. The maximum Gasteiger partial charge on any atom is 0.151 e. The molecule has 5 rings (SSSR count). The van der Waals surface area contributed by atoms with Crippen LogP contribution in [-0.4, -0.2) is 19.4 Å². The van der Waals surface area contributed by atoms with Crippen LogP contribution < -0.4 is 15.0 Å². The molecule has 166 valence electrons. The first kappa shape index (κ1) is 22.4. The van der Waals surface area contributed by atoms with E-state index in [4.69, 9.17) is 4.74 Å². The molecule has 0 saturated heterocycles. The molecule has 33 heavy (non-hydrogen) atoms. The van der Waals surface area contributed by atoms with Gasteiger partial charge in [0, 0.05) is 18.2 Å². The number of fused-ring (bicyclic) bond motifs is 2. The van der Waals surface area contributed by atoms with Gasteiger partial charge in [-0.25, -0.2) is 0 Å². The van der Waals surface area contributed by atoms with Crippen LogP contribution in [0.3, 0.4) is 0 Å². The molecule has 0 radical (unpaired) electrons. The van der Waals surface area contributed by atoms with Crippen LogP contribution in [0.2, 0.25) is 0 Å². The van der Waals surface area contributed by atoms with Gasteiger partial charge in [0.25, 0.3) is 0 Å². The molecule has 1 aliphatic rings. The summed E-state index contributed by atoms with van der Waals surface area (Å²) in [6.07, 6.45) is 0.923. The summed E-state index contributed by atoms with van der Waals surface area (Å²) in [5.74, 6) is 1.73. The summed E-state index contributed by atoms with van der Waals surface area (Å²) >= 11 is 0. The molecule has 1 heterocycles. The van der Waals surface area contributed by atoms with Crippen LogP contribution >= 0.6 is 12.4 Å². The number of para-hydroxylation sites is 2. The van der Waals surface area contributed by atoms with Crippen molar-refractivity contribution in [2.75, 3.05) is 23.3 Å². The van der Waals surface area contributed by atoms with Crippen LogP contribution in [0.4, 0.5) is 17.1 Å². The van der Waals surface area contributed by atoms with E-state index in [9.17, 15) is 4.79 Å². The van der Waals surface area contributed by atoms with E-state index in [-0.39, 0.29) is 24.9 Å². The number of rotatable bonds is 7. The Bertz CT molecular complexity index is 1180. The van der Waals surface area contributed by atoms with Gasteiger partial charge in [-0.3, -0.25) is 0 Å². The zero-order chi connectivity index (χ0) is 21.8. The third kappa shape index (κ3) is 4.71. The van der Waals surface area contributed by atoms with E-state index in [2.05, 4.69) is 59.9 Å². The Kier molecular flexibility index (Phi) is 6.96. The average Bonchev–Trinajstić information content (AvgIpc) is 2.85. The molecule has 1 N–H and O–H groups in total. The molecule has 4 nitrogen and oxygen atoms in total. The van der Waals surface area contributed by atoms with Gasteiger partial charge in [-0.1, -0.05) is 72.8 Å². The Hall–Kier alpha value is -3.76. The van der Waals surface area contributed by atoms with Gasteiger partial charge in [0.1, 0.15) is 6.29 Å². The number of nitrogens with zero attached hydrogens (tertiary/aromatic N) is 1. The molecular formula is C28H25ClN2O2. The fourth-order valence-corrected chi connectivity index (χ4v) is 4.23. The molecule has 5 heteroatoms. The summed E-state index contributed by atoms with van der Waals surface area (Å²) < 4.78 is 6.09. The number of hydrogen-bond acceptors (Lipinski definition) is 4. The molecule has 0 spiro atoms. The number of ether oxygens (including phenoxy) is 1. The molecule has 0 atom stereocenters. The van der Waals surface area contributed by atoms with Crippen LogP contribution in [0.1, 0.15) is 17.0 Å². The largest absolute Gasteiger partial charge is 0.453 e. The third-order valence-corrected chi connectivity index (χ3v) is 5.80. The van der Waals surface area contributed by atoms with Crippen molar-refractivity contribution in [2.45, 2.75) is 5.92 Å². The number of carbonyl (C=O) groups excluding carboxylic acids is 1. The fraction of sp³-hybridized carbons (Fsp3) is 0.107. The highest BCUT2D eigenvalue weighted by Gasteiger charge is 2.24. The molecule has 4 aromatic rings. The minimum absolute atomic E-state index is 0. The Morgan fingerprint density at radius 2 is 1.36 bits per heavy atom. The predicted octanol–water partition coefficient (Wildman–Crippen LogP) is 6.80. The third-order valence-electron chi connectivity index (χ3n) is 5.80. The van der Waals surface area contributed by atoms with Gasteiger partial charge in [0.2, 0.25) is 0 Å². The molecule has 4 aromatic carbocycles. The lowest BCUT2D eigenvalue weighted by atomic mass is 9.91. The van der Waals surface area contributed by atoms with Crippen LogP contribution in [0.25, 0.3) is 0 Å². The minimum Gasteiger partial charge on any atom is -0.453 e. The van der Waals surface area contributed by atoms with Crippen molar-refractivity contribution in [2.24, 2.45) is 0 Å². The number of halogens is 1. The second kappa shape index (κ2) is 10.2. The summed E-state index contributed by atoms with van der Waals surface area (Å²) in [7, 11) is 0. The van der Waals surface area contributed by atoms with Gasteiger partial charge in [-0.05, 0) is 41.5 Å². The number of anilines is 3. The number of benzene rings is 4. The van der Waals surface area contributed by atoms with E-state index in [0.29, 0.717) is 0 Å². The molecule has 0 aliphatic carbocycles. The van der Waals surface area contributed by atoms with Crippen molar-refractivity contribution in [1.29, 1.82) is 0 Å². The number of nitrogens with one attached hydrogen (secondary N) is 1. The van der Waals surface area contributed by atoms with Gasteiger partial charge in [-0.15, -0.1) is 12.4 Å². The molecule has 1 aliphatic heterocycles. The number of hydrogen-bond donors (Lipinski definition) is 1. The lowest BCUT2D eigenvalue weighted by molar-refractivity contribution is -0.106. The van der Waals surface area contributed by atoms with Crippen LogP contribution in [0.5, 0.6) is 11.5 Å². The van der Waals surface area contributed by atoms with Crippen molar-refractivity contribution in [3.05, 3.63) is 114 Å². The Balaban J connectivity index is 0.00000259. The van der Waals surface area contributed by atoms with E-state index >= 15 is 0 Å². The van der Waals surface area contributed by atoms with Gasteiger partial charge in [0.15, 0.2) is 11.5 Å². The zero-order valence-electron chi connectivity index (χ0n) is 18.1. The lowest BCUT2D eigenvalue weighted by Crippen LogP contribution is -2.23. The topological polar surface area (TPSA) is 41.6 Å². The first-order valence-corrected chi connectivity index (χ1v) is 10.8. The highest BCUT2D eigenvalue weighted by molar-refractivity contribution is 5.85. The molecule has 0 bridgehead atoms. The Morgan fingerprint density at radius 3 is 2.03 bits per heavy atom. The van der Waals surface area contributed by atoms with Crippen molar-refractivity contribution in [1.82, 2.24) is 0 Å². The highest BCUT2D eigenvalue weighted by atomic mass is 35.5. The second-order valence-electron chi connectivity index (χ2n) is 7.78. The van der Waals surface area contributed by atoms with Gasteiger partial charge in [0.05, 0.1) is 17.9 Å². The zero-order valence-corrected chi connectivity index (χ0v) is 18.9. The predicted molar refractivity (Wildman–Crippen MR) is 136 cm³/mol. The molecule has 0 saturated carbocycles. The average molecular weight is 457 g/mol. The summed E-state index contributed by atoms with van der Waals surface area (Å²) in [4.78, 5) is 13.4. The van der Waals surface area contributed by atoms with Crippen LogP contribution in [-0.2, 0) is 4.79 Å². The van der Waals surface area contributed by atoms with Crippen molar-refractivity contribution >= 4 is 35.8 Å². The van der Waals surface area contributed by atoms with Gasteiger partial charge >= 0.3 is 0 Å². The van der Waals surface area contributed by atoms with E-state index in [1.165, 1.54) is 11.1 Å². The molecule has 0 aromatic heterocycles. The minimum atomic E-state index is 0. The Morgan fingerprint density at radius 1 is 0.758 bits per heavy atom.